The molecule has 19 heavy (non-hydrogen) atoms. The molecule has 0 saturated carbocycles. The fourth-order valence-corrected chi connectivity index (χ4v) is 2.50. The molecule has 5 heteroatoms. The van der Waals surface area contributed by atoms with Crippen LogP contribution in [0.5, 0.6) is 0 Å². The fourth-order valence-electron chi connectivity index (χ4n) is 2.50. The number of nitrogens with zero attached hydrogens (tertiary/aromatic N) is 3. The van der Waals surface area contributed by atoms with Crippen molar-refractivity contribution in [3.8, 4) is 0 Å². The Morgan fingerprint density at radius 3 is 2.79 bits per heavy atom. The molecule has 0 N–H and O–H groups in total. The van der Waals surface area contributed by atoms with Crippen molar-refractivity contribution in [2.24, 2.45) is 0 Å². The quantitative estimate of drug-likeness (QED) is 0.851. The largest absolute Gasteiger partial charge is 0.425 e. The molecular formula is C14H16FN3O. The van der Waals surface area contributed by atoms with E-state index >= 15 is 0 Å². The van der Waals surface area contributed by atoms with Crippen LogP contribution in [0.2, 0.25) is 0 Å². The van der Waals surface area contributed by atoms with Crippen molar-refractivity contribution in [1.82, 2.24) is 15.1 Å². The predicted octanol–water partition coefficient (Wildman–Crippen LogP) is 2.51. The predicted molar refractivity (Wildman–Crippen MR) is 68.1 cm³/mol. The number of rotatable bonds is 3. The first-order valence-electron chi connectivity index (χ1n) is 6.47. The van der Waals surface area contributed by atoms with Crippen LogP contribution < -0.4 is 0 Å². The SMILES string of the molecule is Cc1nnc([C@H]2CCN(Cc3ccc(F)cc3)C2)o1. The summed E-state index contributed by atoms with van der Waals surface area (Å²) in [6.07, 6.45) is 1.03. The van der Waals surface area contributed by atoms with E-state index in [1.165, 1.54) is 12.1 Å². The van der Waals surface area contributed by atoms with Gasteiger partial charge in [-0.05, 0) is 30.7 Å². The number of hydrogen-bond donors (Lipinski definition) is 0. The van der Waals surface area contributed by atoms with Crippen molar-refractivity contribution < 1.29 is 8.81 Å². The highest BCUT2D eigenvalue weighted by Crippen LogP contribution is 2.27. The maximum absolute atomic E-state index is 12.8. The normalized spacial score (nSPS) is 20.0. The van der Waals surface area contributed by atoms with Crippen molar-refractivity contribution in [2.75, 3.05) is 13.1 Å². The maximum atomic E-state index is 12.8. The van der Waals surface area contributed by atoms with Crippen LogP contribution in [0.1, 0.15) is 29.7 Å². The molecule has 0 spiro atoms. The number of hydrogen-bond acceptors (Lipinski definition) is 4. The molecule has 1 fully saturated rings. The third-order valence-corrected chi connectivity index (χ3v) is 3.48. The van der Waals surface area contributed by atoms with Crippen LogP contribution in [0, 0.1) is 12.7 Å². The second-order valence-corrected chi connectivity index (χ2v) is 5.01. The molecule has 0 radical (unpaired) electrons. The van der Waals surface area contributed by atoms with E-state index in [1.54, 1.807) is 0 Å². The van der Waals surface area contributed by atoms with Gasteiger partial charge in [-0.3, -0.25) is 4.90 Å². The van der Waals surface area contributed by atoms with Crippen LogP contribution >= 0.6 is 0 Å². The van der Waals surface area contributed by atoms with E-state index in [0.29, 0.717) is 11.8 Å². The van der Waals surface area contributed by atoms with Crippen LogP contribution in [0.25, 0.3) is 0 Å². The molecule has 100 valence electrons. The monoisotopic (exact) mass is 261 g/mol. The van der Waals surface area contributed by atoms with E-state index in [9.17, 15) is 4.39 Å². The summed E-state index contributed by atoms with van der Waals surface area (Å²) in [6, 6.07) is 6.67. The molecular weight excluding hydrogens is 245 g/mol. The topological polar surface area (TPSA) is 42.2 Å². The van der Waals surface area contributed by atoms with Crippen LogP contribution in [0.4, 0.5) is 4.39 Å². The van der Waals surface area contributed by atoms with Gasteiger partial charge in [-0.25, -0.2) is 4.39 Å². The first-order chi connectivity index (χ1) is 9.20. The summed E-state index contributed by atoms with van der Waals surface area (Å²) in [5.74, 6) is 1.48. The molecule has 1 aromatic heterocycles. The second-order valence-electron chi connectivity index (χ2n) is 5.01. The van der Waals surface area contributed by atoms with Gasteiger partial charge >= 0.3 is 0 Å². The van der Waals surface area contributed by atoms with Crippen LogP contribution in [0.3, 0.4) is 0 Å². The lowest BCUT2D eigenvalue weighted by Gasteiger charge is -2.15. The lowest BCUT2D eigenvalue weighted by molar-refractivity contribution is 0.319. The van der Waals surface area contributed by atoms with Gasteiger partial charge in [0.05, 0.1) is 5.92 Å². The summed E-state index contributed by atoms with van der Waals surface area (Å²) in [5.41, 5.74) is 1.13. The summed E-state index contributed by atoms with van der Waals surface area (Å²) in [7, 11) is 0. The molecule has 1 saturated heterocycles. The average Bonchev–Trinajstić information content (AvgIpc) is 3.01. The molecule has 1 aromatic carbocycles. The number of likely N-dealkylation sites (tertiary alicyclic amines) is 1. The Balaban J connectivity index is 1.61. The van der Waals surface area contributed by atoms with Crippen molar-refractivity contribution in [1.29, 1.82) is 0 Å². The Labute approximate surface area is 111 Å². The van der Waals surface area contributed by atoms with Crippen molar-refractivity contribution >= 4 is 0 Å². The van der Waals surface area contributed by atoms with Gasteiger partial charge in [0.25, 0.3) is 0 Å². The van der Waals surface area contributed by atoms with Gasteiger partial charge in [0.15, 0.2) is 0 Å². The Hall–Kier alpha value is -1.75. The van der Waals surface area contributed by atoms with E-state index in [1.807, 2.05) is 19.1 Å². The molecule has 4 nitrogen and oxygen atoms in total. The van der Waals surface area contributed by atoms with E-state index in [-0.39, 0.29) is 5.82 Å². The Bertz CT molecular complexity index is 552. The first kappa shape index (κ1) is 12.3. The summed E-state index contributed by atoms with van der Waals surface area (Å²) in [4.78, 5) is 2.33. The number of halogens is 1. The molecule has 2 aromatic rings. The van der Waals surface area contributed by atoms with Crippen molar-refractivity contribution in [2.45, 2.75) is 25.8 Å². The lowest BCUT2D eigenvalue weighted by atomic mass is 10.1. The Morgan fingerprint density at radius 2 is 2.11 bits per heavy atom. The van der Waals surface area contributed by atoms with E-state index in [4.69, 9.17) is 4.42 Å². The number of benzene rings is 1. The molecule has 0 amide bonds. The van der Waals surface area contributed by atoms with E-state index in [0.717, 1.165) is 37.5 Å². The van der Waals surface area contributed by atoms with Gasteiger partial charge in [-0.1, -0.05) is 12.1 Å². The minimum absolute atomic E-state index is 0.190. The molecule has 0 bridgehead atoms. The maximum Gasteiger partial charge on any atom is 0.220 e. The minimum Gasteiger partial charge on any atom is -0.425 e. The van der Waals surface area contributed by atoms with Crippen LogP contribution in [-0.4, -0.2) is 28.2 Å². The zero-order chi connectivity index (χ0) is 13.2. The Morgan fingerprint density at radius 1 is 1.32 bits per heavy atom. The molecule has 1 aliphatic rings. The zero-order valence-corrected chi connectivity index (χ0v) is 10.8. The number of aryl methyl sites for hydroxylation is 1. The molecule has 3 rings (SSSR count). The van der Waals surface area contributed by atoms with Gasteiger partial charge in [-0.2, -0.15) is 0 Å². The summed E-state index contributed by atoms with van der Waals surface area (Å²) < 4.78 is 18.3. The molecule has 1 aliphatic heterocycles. The highest BCUT2D eigenvalue weighted by Gasteiger charge is 2.27. The van der Waals surface area contributed by atoms with Gasteiger partial charge in [0, 0.05) is 20.0 Å². The van der Waals surface area contributed by atoms with Gasteiger partial charge < -0.3 is 4.42 Å². The smallest absolute Gasteiger partial charge is 0.220 e. The minimum atomic E-state index is -0.190. The molecule has 2 heterocycles. The third kappa shape index (κ3) is 2.81. The molecule has 0 unspecified atom stereocenters. The summed E-state index contributed by atoms with van der Waals surface area (Å²) in [5, 5.41) is 7.96. The highest BCUT2D eigenvalue weighted by molar-refractivity contribution is 5.16. The fraction of sp³-hybridized carbons (Fsp3) is 0.429. The van der Waals surface area contributed by atoms with Gasteiger partial charge in [0.2, 0.25) is 11.8 Å². The molecule has 1 atom stereocenters. The molecule has 0 aliphatic carbocycles. The highest BCUT2D eigenvalue weighted by atomic mass is 19.1. The van der Waals surface area contributed by atoms with Gasteiger partial charge in [-0.15, -0.1) is 10.2 Å². The third-order valence-electron chi connectivity index (χ3n) is 3.48. The summed E-state index contributed by atoms with van der Waals surface area (Å²) >= 11 is 0. The van der Waals surface area contributed by atoms with Crippen LogP contribution in [-0.2, 0) is 6.54 Å². The first-order valence-corrected chi connectivity index (χ1v) is 6.47. The Kier molecular flexibility index (Phi) is 3.29. The van der Waals surface area contributed by atoms with E-state index < -0.39 is 0 Å². The second kappa shape index (κ2) is 5.09. The summed E-state index contributed by atoms with van der Waals surface area (Å²) in [6.45, 7) is 4.56. The van der Waals surface area contributed by atoms with Crippen molar-refractivity contribution in [3.05, 3.63) is 47.4 Å². The van der Waals surface area contributed by atoms with E-state index in [2.05, 4.69) is 15.1 Å². The average molecular weight is 261 g/mol. The lowest BCUT2D eigenvalue weighted by Crippen LogP contribution is -2.19. The van der Waals surface area contributed by atoms with Gasteiger partial charge in [0.1, 0.15) is 5.82 Å². The van der Waals surface area contributed by atoms with Crippen LogP contribution in [0.15, 0.2) is 28.7 Å². The number of aromatic nitrogens is 2. The zero-order valence-electron chi connectivity index (χ0n) is 10.8. The standard InChI is InChI=1S/C14H16FN3O/c1-10-16-17-14(19-10)12-6-7-18(9-12)8-11-2-4-13(15)5-3-11/h2-5,12H,6-9H2,1H3/t12-/m0/s1. The van der Waals surface area contributed by atoms with Crippen molar-refractivity contribution in [3.63, 3.8) is 0 Å².